The lowest BCUT2D eigenvalue weighted by Crippen LogP contribution is -2.31. The minimum Gasteiger partial charge on any atom is -0.355 e. The molecule has 1 amide bonds. The molecule has 0 radical (unpaired) electrons. The van der Waals surface area contributed by atoms with E-state index in [9.17, 15) is 14.4 Å². The minimum absolute atomic E-state index is 0.131. The Labute approximate surface area is 125 Å². The van der Waals surface area contributed by atoms with Gasteiger partial charge in [0.1, 0.15) is 12.2 Å². The van der Waals surface area contributed by atoms with Gasteiger partial charge in [0.2, 0.25) is 5.91 Å². The summed E-state index contributed by atoms with van der Waals surface area (Å²) >= 11 is 0. The number of aromatic nitrogens is 5. The minimum atomic E-state index is -0.477. The van der Waals surface area contributed by atoms with Crippen LogP contribution in [0.4, 0.5) is 0 Å². The number of aromatic amines is 2. The third-order valence-electron chi connectivity index (χ3n) is 3.12. The molecule has 9 nitrogen and oxygen atoms in total. The van der Waals surface area contributed by atoms with Crippen LogP contribution in [0.1, 0.15) is 31.3 Å². The zero-order valence-electron chi connectivity index (χ0n) is 12.4. The molecule has 0 spiro atoms. The number of nitrogens with zero attached hydrogens (tertiary/aromatic N) is 3. The summed E-state index contributed by atoms with van der Waals surface area (Å²) in [5.41, 5.74) is -0.798. The van der Waals surface area contributed by atoms with Gasteiger partial charge < -0.3 is 9.88 Å². The largest absolute Gasteiger partial charge is 0.355 e. The highest BCUT2D eigenvalue weighted by Crippen LogP contribution is 2.06. The Morgan fingerprint density at radius 3 is 2.86 bits per heavy atom. The number of nitrogens with one attached hydrogen (secondary N) is 3. The predicted octanol–water partition coefficient (Wildman–Crippen LogP) is -0.863. The highest BCUT2D eigenvalue weighted by Gasteiger charge is 2.10. The summed E-state index contributed by atoms with van der Waals surface area (Å²) in [6, 6.07) is 1.36. The molecule has 2 heterocycles. The van der Waals surface area contributed by atoms with Gasteiger partial charge in [0.15, 0.2) is 0 Å². The molecule has 0 saturated carbocycles. The van der Waals surface area contributed by atoms with Gasteiger partial charge in [-0.25, -0.2) is 0 Å². The van der Waals surface area contributed by atoms with E-state index in [4.69, 9.17) is 0 Å². The Morgan fingerprint density at radius 1 is 1.36 bits per heavy atom. The second-order valence-corrected chi connectivity index (χ2v) is 5.14. The van der Waals surface area contributed by atoms with Crippen molar-refractivity contribution in [2.45, 2.75) is 32.7 Å². The fourth-order valence-corrected chi connectivity index (χ4v) is 2.02. The lowest BCUT2D eigenvalue weighted by Gasteiger charge is -2.10. The first-order valence-corrected chi connectivity index (χ1v) is 6.93. The van der Waals surface area contributed by atoms with Gasteiger partial charge in [0.05, 0.1) is 6.42 Å². The molecule has 0 atom stereocenters. The molecule has 0 saturated heterocycles. The maximum absolute atomic E-state index is 11.8. The van der Waals surface area contributed by atoms with Crippen LogP contribution < -0.4 is 16.4 Å². The van der Waals surface area contributed by atoms with Crippen molar-refractivity contribution in [1.29, 1.82) is 0 Å². The summed E-state index contributed by atoms with van der Waals surface area (Å²) < 4.78 is 1.92. The van der Waals surface area contributed by atoms with Crippen LogP contribution in [0.25, 0.3) is 0 Å². The fraction of sp³-hybridized carbons (Fsp3) is 0.462. The smallest absolute Gasteiger partial charge is 0.266 e. The van der Waals surface area contributed by atoms with E-state index >= 15 is 0 Å². The van der Waals surface area contributed by atoms with Crippen LogP contribution >= 0.6 is 0 Å². The molecule has 2 aromatic rings. The number of hydrogen-bond donors (Lipinski definition) is 3. The van der Waals surface area contributed by atoms with E-state index in [0.717, 1.165) is 11.9 Å². The van der Waals surface area contributed by atoms with Crippen LogP contribution in [0.2, 0.25) is 0 Å². The van der Waals surface area contributed by atoms with Crippen LogP contribution in [0, 0.1) is 0 Å². The van der Waals surface area contributed by atoms with E-state index in [-0.39, 0.29) is 23.9 Å². The van der Waals surface area contributed by atoms with Gasteiger partial charge in [0, 0.05) is 30.6 Å². The monoisotopic (exact) mass is 306 g/mol. The Morgan fingerprint density at radius 2 is 2.14 bits per heavy atom. The molecular formula is C13H18N6O3. The number of carbonyl (C=O) groups is 1. The number of H-pyrrole nitrogens is 2. The molecule has 0 aromatic carbocycles. The van der Waals surface area contributed by atoms with Gasteiger partial charge in [-0.3, -0.25) is 24.6 Å². The normalized spacial score (nSPS) is 10.9. The number of rotatable bonds is 6. The van der Waals surface area contributed by atoms with Crippen molar-refractivity contribution >= 4 is 5.91 Å². The molecule has 22 heavy (non-hydrogen) atoms. The second kappa shape index (κ2) is 6.83. The van der Waals surface area contributed by atoms with Crippen molar-refractivity contribution < 1.29 is 4.79 Å². The summed E-state index contributed by atoms with van der Waals surface area (Å²) in [6.07, 6.45) is 2.05. The standard InChI is InChI=1S/C13H18N6O3/c1-8(2)19-7-15-16-10(19)3-4-14-11(20)5-9-6-12(21)17-18-13(9)22/h6-8H,3-5H2,1-2H3,(H,14,20)(H,17,21)(H,18,22). The summed E-state index contributed by atoms with van der Waals surface area (Å²) in [4.78, 5) is 34.4. The summed E-state index contributed by atoms with van der Waals surface area (Å²) in [6.45, 7) is 4.42. The van der Waals surface area contributed by atoms with E-state index in [0.29, 0.717) is 13.0 Å². The zero-order valence-corrected chi connectivity index (χ0v) is 12.4. The van der Waals surface area contributed by atoms with Crippen molar-refractivity contribution in [2.75, 3.05) is 6.54 Å². The molecule has 2 aromatic heterocycles. The van der Waals surface area contributed by atoms with Gasteiger partial charge >= 0.3 is 0 Å². The first kappa shape index (κ1) is 15.7. The van der Waals surface area contributed by atoms with E-state index < -0.39 is 11.1 Å². The molecule has 0 aliphatic heterocycles. The average Bonchev–Trinajstić information content (AvgIpc) is 2.91. The van der Waals surface area contributed by atoms with E-state index in [1.165, 1.54) is 0 Å². The highest BCUT2D eigenvalue weighted by molar-refractivity contribution is 5.78. The maximum atomic E-state index is 11.8. The Balaban J connectivity index is 1.88. The Kier molecular flexibility index (Phi) is 4.87. The summed E-state index contributed by atoms with van der Waals surface area (Å²) in [5.74, 6) is 0.455. The van der Waals surface area contributed by atoms with Crippen molar-refractivity contribution in [1.82, 2.24) is 30.3 Å². The Hall–Kier alpha value is -2.71. The van der Waals surface area contributed by atoms with Crippen molar-refractivity contribution in [2.24, 2.45) is 0 Å². The van der Waals surface area contributed by atoms with Gasteiger partial charge in [-0.2, -0.15) is 0 Å². The first-order chi connectivity index (χ1) is 10.5. The van der Waals surface area contributed by atoms with Crippen molar-refractivity contribution in [3.05, 3.63) is 44.5 Å². The van der Waals surface area contributed by atoms with Crippen molar-refractivity contribution in [3.8, 4) is 0 Å². The van der Waals surface area contributed by atoms with E-state index in [2.05, 4.69) is 25.7 Å². The van der Waals surface area contributed by atoms with Crippen LogP contribution in [-0.4, -0.2) is 37.4 Å². The van der Waals surface area contributed by atoms with Crippen LogP contribution in [0.15, 0.2) is 22.0 Å². The molecule has 0 aliphatic rings. The zero-order chi connectivity index (χ0) is 16.1. The quantitative estimate of drug-likeness (QED) is 0.640. The molecule has 9 heteroatoms. The predicted molar refractivity (Wildman–Crippen MR) is 78.5 cm³/mol. The third-order valence-corrected chi connectivity index (χ3v) is 3.12. The molecule has 2 rings (SSSR count). The number of carbonyl (C=O) groups excluding carboxylic acids is 1. The Bertz CT molecular complexity index is 757. The molecular weight excluding hydrogens is 288 g/mol. The van der Waals surface area contributed by atoms with Gasteiger partial charge in [-0.05, 0) is 13.8 Å². The number of hydrogen-bond acceptors (Lipinski definition) is 5. The van der Waals surface area contributed by atoms with E-state index in [1.807, 2.05) is 18.4 Å². The second-order valence-electron chi connectivity index (χ2n) is 5.14. The molecule has 3 N–H and O–H groups in total. The van der Waals surface area contributed by atoms with Crippen molar-refractivity contribution in [3.63, 3.8) is 0 Å². The molecule has 0 bridgehead atoms. The maximum Gasteiger partial charge on any atom is 0.266 e. The summed E-state index contributed by atoms with van der Waals surface area (Å²) in [7, 11) is 0. The highest BCUT2D eigenvalue weighted by atomic mass is 16.2. The van der Waals surface area contributed by atoms with Gasteiger partial charge in [-0.15, -0.1) is 10.2 Å². The summed E-state index contributed by atoms with van der Waals surface area (Å²) in [5, 5.41) is 14.9. The SMILES string of the molecule is CC(C)n1cnnc1CCNC(=O)Cc1cc(=O)[nH][nH]c1=O. The lowest BCUT2D eigenvalue weighted by molar-refractivity contribution is -0.120. The number of amides is 1. The average molecular weight is 306 g/mol. The van der Waals surface area contributed by atoms with Crippen LogP contribution in [0.5, 0.6) is 0 Å². The van der Waals surface area contributed by atoms with Gasteiger partial charge in [-0.1, -0.05) is 0 Å². The topological polar surface area (TPSA) is 126 Å². The molecule has 0 aliphatic carbocycles. The first-order valence-electron chi connectivity index (χ1n) is 6.93. The molecule has 118 valence electrons. The van der Waals surface area contributed by atoms with Crippen LogP contribution in [-0.2, 0) is 17.6 Å². The molecule has 0 unspecified atom stereocenters. The molecule has 0 fully saturated rings. The van der Waals surface area contributed by atoms with Crippen LogP contribution in [0.3, 0.4) is 0 Å². The van der Waals surface area contributed by atoms with E-state index in [1.54, 1.807) is 6.33 Å². The van der Waals surface area contributed by atoms with Gasteiger partial charge in [0.25, 0.3) is 11.1 Å². The fourth-order valence-electron chi connectivity index (χ4n) is 2.02. The lowest BCUT2D eigenvalue weighted by atomic mass is 10.2. The third kappa shape index (κ3) is 3.90.